The van der Waals surface area contributed by atoms with Gasteiger partial charge in [-0.25, -0.2) is 0 Å². The molecule has 2 aromatic carbocycles. The molecule has 166 valence electrons. The van der Waals surface area contributed by atoms with Gasteiger partial charge in [0.2, 0.25) is 5.91 Å². The number of methoxy groups -OCH3 is 1. The number of hydrogen-bond acceptors (Lipinski definition) is 7. The number of likely N-dealkylation sites (tertiary alicyclic amines) is 1. The van der Waals surface area contributed by atoms with Gasteiger partial charge in [-0.2, -0.15) is 0 Å². The van der Waals surface area contributed by atoms with Gasteiger partial charge in [0.25, 0.3) is 10.9 Å². The van der Waals surface area contributed by atoms with Crippen molar-refractivity contribution in [2.75, 3.05) is 63.1 Å². The number of benzene rings is 1. The summed E-state index contributed by atoms with van der Waals surface area (Å²) in [7, 11) is 1.65. The number of amides is 1. The van der Waals surface area contributed by atoms with Crippen LogP contribution in [0.3, 0.4) is 0 Å². The topological polar surface area (TPSA) is 82.2 Å². The average Bonchev–Trinajstić information content (AvgIpc) is 3.33. The monoisotopic (exact) mass is 426 g/mol. The zero-order valence-corrected chi connectivity index (χ0v) is 18.2. The maximum absolute atomic E-state index is 12.3. The number of ether oxygens (including phenoxy) is 1. The van der Waals surface area contributed by atoms with Crippen LogP contribution in [0.4, 0.5) is 11.4 Å². The lowest BCUT2D eigenvalue weighted by Crippen LogP contribution is -2.52. The highest BCUT2D eigenvalue weighted by molar-refractivity contribution is 5.77. The number of carbonyl (C=O) groups is 1. The lowest BCUT2D eigenvalue weighted by molar-refractivity contribution is -0.129. The van der Waals surface area contributed by atoms with Crippen molar-refractivity contribution in [3.63, 3.8) is 0 Å². The third-order valence-corrected chi connectivity index (χ3v) is 6.48. The molecule has 0 aromatic heterocycles. The van der Waals surface area contributed by atoms with Crippen molar-refractivity contribution in [3.8, 4) is 5.75 Å². The summed E-state index contributed by atoms with van der Waals surface area (Å²) >= 11 is 0. The van der Waals surface area contributed by atoms with Gasteiger partial charge in [0.1, 0.15) is 17.1 Å². The highest BCUT2D eigenvalue weighted by atomic mass is 16.5. The van der Waals surface area contributed by atoms with Gasteiger partial charge in [0, 0.05) is 39.6 Å². The van der Waals surface area contributed by atoms with Crippen LogP contribution in [0.25, 0.3) is 0 Å². The van der Waals surface area contributed by atoms with E-state index in [0.717, 1.165) is 24.4 Å². The second-order valence-electron chi connectivity index (χ2n) is 8.29. The fourth-order valence-electron chi connectivity index (χ4n) is 4.63. The molecule has 2 fully saturated rings. The van der Waals surface area contributed by atoms with Crippen LogP contribution in [-0.4, -0.2) is 68.6 Å². The molecule has 1 amide bonds. The van der Waals surface area contributed by atoms with E-state index in [1.807, 2.05) is 17.0 Å². The summed E-state index contributed by atoms with van der Waals surface area (Å²) in [4.78, 5) is 42.4. The van der Waals surface area contributed by atoms with Crippen molar-refractivity contribution in [1.82, 2.24) is 9.80 Å². The first-order chi connectivity index (χ1) is 15.0. The summed E-state index contributed by atoms with van der Waals surface area (Å²) in [5, 5.41) is 3.30. The Morgan fingerprint density at radius 1 is 1.00 bits per heavy atom. The molecule has 0 spiro atoms. The minimum atomic E-state index is -0.445. The number of anilines is 2. The molecule has 1 N–H and O–H groups in total. The Labute approximate surface area is 182 Å². The van der Waals surface area contributed by atoms with Crippen molar-refractivity contribution >= 4 is 17.3 Å². The van der Waals surface area contributed by atoms with E-state index in [1.54, 1.807) is 18.9 Å². The molecule has 8 nitrogen and oxygen atoms in total. The normalized spacial score (nSPS) is 18.4. The van der Waals surface area contributed by atoms with Crippen molar-refractivity contribution in [2.45, 2.75) is 25.8 Å². The Balaban J connectivity index is 1.49. The number of nitrogens with one attached hydrogen (secondary N) is 1. The minimum absolute atomic E-state index is 0.0379. The molecule has 2 heterocycles. The van der Waals surface area contributed by atoms with E-state index in [2.05, 4.69) is 22.3 Å². The summed E-state index contributed by atoms with van der Waals surface area (Å²) in [6, 6.07) is 8.15. The molecule has 2 aliphatic rings. The van der Waals surface area contributed by atoms with Crippen molar-refractivity contribution in [1.29, 1.82) is 0 Å². The summed E-state index contributed by atoms with van der Waals surface area (Å²) in [6.07, 6.45) is 2.33. The molecule has 2 aromatic rings. The van der Waals surface area contributed by atoms with E-state index in [0.29, 0.717) is 44.1 Å². The molecule has 0 saturated carbocycles. The Bertz CT molecular complexity index is 982. The van der Waals surface area contributed by atoms with Crippen LogP contribution in [0.2, 0.25) is 0 Å². The van der Waals surface area contributed by atoms with Crippen molar-refractivity contribution < 1.29 is 9.53 Å². The van der Waals surface area contributed by atoms with Gasteiger partial charge in [-0.3, -0.25) is 19.3 Å². The zero-order valence-electron chi connectivity index (χ0n) is 18.2. The Hall–Kier alpha value is -2.87. The maximum atomic E-state index is 12.3. The van der Waals surface area contributed by atoms with Crippen LogP contribution in [0.1, 0.15) is 31.4 Å². The molecule has 0 bridgehead atoms. The highest BCUT2D eigenvalue weighted by Crippen LogP contribution is 2.29. The predicted molar refractivity (Wildman–Crippen MR) is 121 cm³/mol. The molecule has 0 radical (unpaired) electrons. The fraction of sp³-hybridized carbons (Fsp3) is 0.522. The van der Waals surface area contributed by atoms with Crippen LogP contribution in [0, 0.1) is 0 Å². The van der Waals surface area contributed by atoms with Crippen LogP contribution >= 0.6 is 0 Å². The molecule has 31 heavy (non-hydrogen) atoms. The first-order valence-electron chi connectivity index (χ1n) is 10.9. The van der Waals surface area contributed by atoms with Crippen LogP contribution in [0.5, 0.6) is 5.75 Å². The Kier molecular flexibility index (Phi) is 6.27. The van der Waals surface area contributed by atoms with E-state index in [1.165, 1.54) is 12.8 Å². The first kappa shape index (κ1) is 21.4. The number of carbonyl (C=O) groups excluding carboxylic acids is 1. The zero-order chi connectivity index (χ0) is 22.0. The van der Waals surface area contributed by atoms with E-state index in [-0.39, 0.29) is 11.9 Å². The predicted octanol–water partition coefficient (Wildman–Crippen LogP) is 1.21. The molecular weight excluding hydrogens is 396 g/mol. The number of rotatable bonds is 7. The summed E-state index contributed by atoms with van der Waals surface area (Å²) in [5.74, 6) is 0.849. The highest BCUT2D eigenvalue weighted by Gasteiger charge is 2.30. The van der Waals surface area contributed by atoms with Crippen LogP contribution in [0.15, 0.2) is 33.9 Å². The van der Waals surface area contributed by atoms with Crippen molar-refractivity contribution in [2.24, 2.45) is 0 Å². The van der Waals surface area contributed by atoms with Gasteiger partial charge in [-0.15, -0.1) is 0 Å². The second-order valence-corrected chi connectivity index (χ2v) is 8.29. The first-order valence-corrected chi connectivity index (χ1v) is 10.9. The Morgan fingerprint density at radius 2 is 1.65 bits per heavy atom. The van der Waals surface area contributed by atoms with E-state index < -0.39 is 10.9 Å². The minimum Gasteiger partial charge on any atom is -0.497 e. The third kappa shape index (κ3) is 4.30. The fourth-order valence-corrected chi connectivity index (χ4v) is 4.63. The molecule has 4 rings (SSSR count). The molecule has 2 aliphatic heterocycles. The van der Waals surface area contributed by atoms with Gasteiger partial charge in [-0.1, -0.05) is 12.1 Å². The van der Waals surface area contributed by atoms with Gasteiger partial charge < -0.3 is 19.9 Å². The largest absolute Gasteiger partial charge is 0.497 e. The summed E-state index contributed by atoms with van der Waals surface area (Å²) in [6.45, 7) is 6.40. The molecule has 2 saturated heterocycles. The van der Waals surface area contributed by atoms with E-state index >= 15 is 0 Å². The Morgan fingerprint density at radius 3 is 2.23 bits per heavy atom. The van der Waals surface area contributed by atoms with Gasteiger partial charge in [0.05, 0.1) is 13.2 Å². The SMILES string of the molecule is COc1ccc(C(CNc2c(N3CCN(C(C)=O)CC3)c(=O)c2=O)N2CCCC2)cc1. The molecule has 1 unspecified atom stereocenters. The van der Waals surface area contributed by atoms with Crippen LogP contribution in [-0.2, 0) is 4.79 Å². The standard InChI is InChI=1S/C23H30N4O4/c1-16(28)25-11-13-27(14-12-25)21-20(22(29)23(21)30)24-15-19(26-9-3-4-10-26)17-5-7-18(31-2)8-6-17/h5-8,19,24H,3-4,9-15H2,1-2H3. The number of hydrogen-bond donors (Lipinski definition) is 1. The smallest absolute Gasteiger partial charge is 0.253 e. The summed E-state index contributed by atoms with van der Waals surface area (Å²) in [5.41, 5.74) is 1.17. The lowest BCUT2D eigenvalue weighted by Gasteiger charge is -2.37. The van der Waals surface area contributed by atoms with Gasteiger partial charge in [-0.05, 0) is 43.6 Å². The molecule has 8 heteroatoms. The van der Waals surface area contributed by atoms with Gasteiger partial charge >= 0.3 is 0 Å². The van der Waals surface area contributed by atoms with Crippen molar-refractivity contribution in [3.05, 3.63) is 50.3 Å². The lowest BCUT2D eigenvalue weighted by atomic mass is 10.0. The summed E-state index contributed by atoms with van der Waals surface area (Å²) < 4.78 is 5.28. The number of piperazine rings is 1. The average molecular weight is 427 g/mol. The molecule has 0 aliphatic carbocycles. The quantitative estimate of drug-likeness (QED) is 0.667. The van der Waals surface area contributed by atoms with Gasteiger partial charge in [0.15, 0.2) is 0 Å². The van der Waals surface area contributed by atoms with E-state index in [9.17, 15) is 14.4 Å². The van der Waals surface area contributed by atoms with Crippen LogP contribution < -0.4 is 25.8 Å². The number of nitrogens with zero attached hydrogens (tertiary/aromatic N) is 3. The molecular formula is C23H30N4O4. The second kappa shape index (κ2) is 9.09. The van der Waals surface area contributed by atoms with E-state index in [4.69, 9.17) is 4.74 Å². The maximum Gasteiger partial charge on any atom is 0.253 e. The molecule has 1 atom stereocenters. The third-order valence-electron chi connectivity index (χ3n) is 6.48.